The fourth-order valence-electron chi connectivity index (χ4n) is 2.00. The molecule has 0 aliphatic rings. The number of nitrogens with one attached hydrogen (secondary N) is 1. The van der Waals surface area contributed by atoms with Gasteiger partial charge in [-0.15, -0.1) is 0 Å². The molecule has 0 radical (unpaired) electrons. The SMILES string of the molecule is Cc1cn(Cc2ccccc2CCO)c(=O)[nH]c1=O. The van der Waals surface area contributed by atoms with E-state index in [1.165, 1.54) is 4.57 Å². The van der Waals surface area contributed by atoms with Crippen LogP contribution in [0.3, 0.4) is 0 Å². The standard InChI is InChI=1S/C14H16N2O3/c1-10-8-16(14(19)15-13(10)18)9-12-5-3-2-4-11(12)6-7-17/h2-5,8,17H,6-7,9H2,1H3,(H,15,18,19). The molecule has 0 aliphatic carbocycles. The van der Waals surface area contributed by atoms with Gasteiger partial charge in [0.1, 0.15) is 0 Å². The minimum Gasteiger partial charge on any atom is -0.396 e. The van der Waals surface area contributed by atoms with Gasteiger partial charge < -0.3 is 5.11 Å². The number of aromatic nitrogens is 2. The van der Waals surface area contributed by atoms with Gasteiger partial charge in [0.05, 0.1) is 6.54 Å². The summed E-state index contributed by atoms with van der Waals surface area (Å²) in [5.74, 6) is 0. The Morgan fingerprint density at radius 1 is 1.21 bits per heavy atom. The second kappa shape index (κ2) is 5.67. The van der Waals surface area contributed by atoms with Crippen LogP contribution < -0.4 is 11.2 Å². The third-order valence-corrected chi connectivity index (χ3v) is 3.03. The highest BCUT2D eigenvalue weighted by Crippen LogP contribution is 2.10. The van der Waals surface area contributed by atoms with Gasteiger partial charge in [0.2, 0.25) is 0 Å². The van der Waals surface area contributed by atoms with Crippen molar-refractivity contribution in [2.75, 3.05) is 6.61 Å². The van der Waals surface area contributed by atoms with Gasteiger partial charge in [-0.3, -0.25) is 14.3 Å². The van der Waals surface area contributed by atoms with Gasteiger partial charge in [-0.05, 0) is 24.5 Å². The zero-order valence-corrected chi connectivity index (χ0v) is 10.7. The molecule has 1 aromatic carbocycles. The lowest BCUT2D eigenvalue weighted by Gasteiger charge is -2.10. The molecule has 2 rings (SSSR count). The summed E-state index contributed by atoms with van der Waals surface area (Å²) in [5, 5.41) is 9.03. The summed E-state index contributed by atoms with van der Waals surface area (Å²) in [5.41, 5.74) is 1.68. The molecule has 0 unspecified atom stereocenters. The summed E-state index contributed by atoms with van der Waals surface area (Å²) >= 11 is 0. The van der Waals surface area contributed by atoms with Crippen LogP contribution in [0.4, 0.5) is 0 Å². The monoisotopic (exact) mass is 260 g/mol. The number of nitrogens with zero attached hydrogens (tertiary/aromatic N) is 1. The molecule has 100 valence electrons. The summed E-state index contributed by atoms with van der Waals surface area (Å²) in [4.78, 5) is 25.3. The van der Waals surface area contributed by atoms with E-state index in [-0.39, 0.29) is 12.2 Å². The molecule has 0 amide bonds. The van der Waals surface area contributed by atoms with Crippen molar-refractivity contribution in [1.82, 2.24) is 9.55 Å². The highest BCUT2D eigenvalue weighted by atomic mass is 16.3. The molecule has 2 aromatic rings. The van der Waals surface area contributed by atoms with E-state index in [0.717, 1.165) is 11.1 Å². The smallest absolute Gasteiger partial charge is 0.328 e. The molecular formula is C14H16N2O3. The summed E-state index contributed by atoms with van der Waals surface area (Å²) in [6, 6.07) is 7.63. The number of aliphatic hydroxyl groups excluding tert-OH is 1. The fourth-order valence-corrected chi connectivity index (χ4v) is 2.00. The van der Waals surface area contributed by atoms with E-state index < -0.39 is 5.69 Å². The minimum atomic E-state index is -0.422. The maximum absolute atomic E-state index is 11.7. The van der Waals surface area contributed by atoms with E-state index in [9.17, 15) is 9.59 Å². The predicted molar refractivity (Wildman–Crippen MR) is 72.4 cm³/mol. The van der Waals surface area contributed by atoms with Crippen molar-refractivity contribution < 1.29 is 5.11 Å². The van der Waals surface area contributed by atoms with E-state index in [2.05, 4.69) is 4.98 Å². The first kappa shape index (κ1) is 13.3. The zero-order valence-electron chi connectivity index (χ0n) is 10.7. The van der Waals surface area contributed by atoms with Crippen molar-refractivity contribution >= 4 is 0 Å². The summed E-state index contributed by atoms with van der Waals surface area (Å²) < 4.78 is 1.47. The maximum Gasteiger partial charge on any atom is 0.328 e. The van der Waals surface area contributed by atoms with Crippen molar-refractivity contribution in [2.45, 2.75) is 19.9 Å². The Balaban J connectivity index is 2.39. The Hall–Kier alpha value is -2.14. The Labute approximate surface area is 110 Å². The Kier molecular flexibility index (Phi) is 3.97. The van der Waals surface area contributed by atoms with Gasteiger partial charge in [0.15, 0.2) is 0 Å². The zero-order chi connectivity index (χ0) is 13.8. The summed E-state index contributed by atoms with van der Waals surface area (Å²) in [6.45, 7) is 2.11. The first-order valence-electron chi connectivity index (χ1n) is 6.10. The number of rotatable bonds is 4. The first-order valence-corrected chi connectivity index (χ1v) is 6.10. The molecule has 0 spiro atoms. The van der Waals surface area contributed by atoms with Crippen LogP contribution in [0.15, 0.2) is 40.1 Å². The van der Waals surface area contributed by atoms with Crippen LogP contribution in [0, 0.1) is 6.92 Å². The largest absolute Gasteiger partial charge is 0.396 e. The van der Waals surface area contributed by atoms with E-state index in [1.54, 1.807) is 13.1 Å². The van der Waals surface area contributed by atoms with Gasteiger partial charge in [-0.2, -0.15) is 0 Å². The quantitative estimate of drug-likeness (QED) is 0.837. The molecule has 19 heavy (non-hydrogen) atoms. The number of hydrogen-bond donors (Lipinski definition) is 2. The van der Waals surface area contributed by atoms with Gasteiger partial charge in [0, 0.05) is 18.4 Å². The molecule has 0 saturated carbocycles. The maximum atomic E-state index is 11.7. The van der Waals surface area contributed by atoms with Crippen LogP contribution in [0.5, 0.6) is 0 Å². The topological polar surface area (TPSA) is 75.1 Å². The average Bonchev–Trinajstić information content (AvgIpc) is 2.38. The Bertz CT molecular complexity index is 686. The Morgan fingerprint density at radius 3 is 2.58 bits per heavy atom. The van der Waals surface area contributed by atoms with E-state index in [4.69, 9.17) is 5.11 Å². The molecular weight excluding hydrogens is 244 g/mol. The minimum absolute atomic E-state index is 0.0660. The number of aromatic amines is 1. The molecule has 1 heterocycles. The molecule has 5 heteroatoms. The Morgan fingerprint density at radius 2 is 1.89 bits per heavy atom. The summed E-state index contributed by atoms with van der Waals surface area (Å²) in [6.07, 6.45) is 2.10. The van der Waals surface area contributed by atoms with Crippen molar-refractivity contribution in [3.63, 3.8) is 0 Å². The number of benzene rings is 1. The second-order valence-corrected chi connectivity index (χ2v) is 4.44. The third-order valence-electron chi connectivity index (χ3n) is 3.03. The number of aryl methyl sites for hydroxylation is 1. The number of H-pyrrole nitrogens is 1. The van der Waals surface area contributed by atoms with E-state index in [0.29, 0.717) is 18.5 Å². The van der Waals surface area contributed by atoms with Crippen LogP contribution in [-0.2, 0) is 13.0 Å². The molecule has 0 saturated heterocycles. The van der Waals surface area contributed by atoms with E-state index in [1.807, 2.05) is 24.3 Å². The lowest BCUT2D eigenvalue weighted by molar-refractivity contribution is 0.299. The molecule has 0 atom stereocenters. The number of aliphatic hydroxyl groups is 1. The van der Waals surface area contributed by atoms with Crippen LogP contribution in [0.25, 0.3) is 0 Å². The van der Waals surface area contributed by atoms with Crippen LogP contribution in [0.2, 0.25) is 0 Å². The molecule has 0 aliphatic heterocycles. The molecule has 0 fully saturated rings. The fraction of sp³-hybridized carbons (Fsp3) is 0.286. The van der Waals surface area contributed by atoms with Crippen molar-refractivity contribution in [2.24, 2.45) is 0 Å². The third kappa shape index (κ3) is 3.00. The van der Waals surface area contributed by atoms with Crippen molar-refractivity contribution in [3.8, 4) is 0 Å². The van der Waals surface area contributed by atoms with Crippen LogP contribution in [-0.4, -0.2) is 21.3 Å². The van der Waals surface area contributed by atoms with Gasteiger partial charge >= 0.3 is 5.69 Å². The molecule has 2 N–H and O–H groups in total. The predicted octanol–water partition coefficient (Wildman–Crippen LogP) is 0.428. The average molecular weight is 260 g/mol. The second-order valence-electron chi connectivity index (χ2n) is 4.44. The van der Waals surface area contributed by atoms with Crippen LogP contribution >= 0.6 is 0 Å². The normalized spacial score (nSPS) is 10.6. The molecule has 0 bridgehead atoms. The molecule has 1 aromatic heterocycles. The van der Waals surface area contributed by atoms with Gasteiger partial charge in [-0.25, -0.2) is 4.79 Å². The lowest BCUT2D eigenvalue weighted by Crippen LogP contribution is -2.31. The van der Waals surface area contributed by atoms with Crippen molar-refractivity contribution in [1.29, 1.82) is 0 Å². The number of hydrogen-bond acceptors (Lipinski definition) is 3. The highest BCUT2D eigenvalue weighted by Gasteiger charge is 2.05. The first-order chi connectivity index (χ1) is 9.11. The van der Waals surface area contributed by atoms with Gasteiger partial charge in [0.25, 0.3) is 5.56 Å². The molecule has 5 nitrogen and oxygen atoms in total. The lowest BCUT2D eigenvalue weighted by atomic mass is 10.0. The summed E-state index contributed by atoms with van der Waals surface area (Å²) in [7, 11) is 0. The van der Waals surface area contributed by atoms with Crippen molar-refractivity contribution in [3.05, 3.63) is 68.0 Å². The van der Waals surface area contributed by atoms with Crippen LogP contribution in [0.1, 0.15) is 16.7 Å². The highest BCUT2D eigenvalue weighted by molar-refractivity contribution is 5.27. The van der Waals surface area contributed by atoms with Gasteiger partial charge in [-0.1, -0.05) is 24.3 Å². The van der Waals surface area contributed by atoms with E-state index >= 15 is 0 Å².